The van der Waals surface area contributed by atoms with Gasteiger partial charge in [-0.15, -0.1) is 0 Å². The van der Waals surface area contributed by atoms with Crippen molar-refractivity contribution in [2.24, 2.45) is 0 Å². The molecule has 0 bridgehead atoms. The highest BCUT2D eigenvalue weighted by Gasteiger charge is 2.30. The van der Waals surface area contributed by atoms with E-state index in [4.69, 9.17) is 9.47 Å². The SMILES string of the molecule is COCC(=O)Nc1c(I)c(C(=O)O)c(I)c(C(=O)OCC(O)C(=O)NCC(=O)OC)c1I. The van der Waals surface area contributed by atoms with Crippen molar-refractivity contribution in [1.29, 1.82) is 0 Å². The Bertz CT molecular complexity index is 938. The maximum absolute atomic E-state index is 12.7. The third-order valence-electron chi connectivity index (χ3n) is 3.58. The van der Waals surface area contributed by atoms with Gasteiger partial charge >= 0.3 is 17.9 Å². The summed E-state index contributed by atoms with van der Waals surface area (Å²) in [7, 11) is 2.43. The van der Waals surface area contributed by atoms with E-state index in [2.05, 4.69) is 15.4 Å². The van der Waals surface area contributed by atoms with Crippen LogP contribution in [0.1, 0.15) is 20.7 Å². The fraction of sp³-hybridized carbons (Fsp3) is 0.353. The van der Waals surface area contributed by atoms with Crippen LogP contribution < -0.4 is 10.6 Å². The number of rotatable bonds is 10. The van der Waals surface area contributed by atoms with Gasteiger partial charge in [-0.25, -0.2) is 9.59 Å². The maximum atomic E-state index is 12.7. The van der Waals surface area contributed by atoms with Crippen LogP contribution in [-0.2, 0) is 28.6 Å². The highest BCUT2D eigenvalue weighted by atomic mass is 127. The first-order chi connectivity index (χ1) is 15.0. The van der Waals surface area contributed by atoms with Gasteiger partial charge < -0.3 is 35.1 Å². The molecule has 176 valence electrons. The Kier molecular flexibility index (Phi) is 12.0. The lowest BCUT2D eigenvalue weighted by Gasteiger charge is -2.18. The number of ether oxygens (including phenoxy) is 3. The molecule has 0 aliphatic rings. The summed E-state index contributed by atoms with van der Waals surface area (Å²) in [5.74, 6) is -4.66. The molecule has 1 aromatic carbocycles. The van der Waals surface area contributed by atoms with E-state index in [1.165, 1.54) is 7.11 Å². The summed E-state index contributed by atoms with van der Waals surface area (Å²) in [4.78, 5) is 59.2. The van der Waals surface area contributed by atoms with Crippen molar-refractivity contribution in [3.8, 4) is 0 Å². The topological polar surface area (TPSA) is 178 Å². The number of hydrogen-bond acceptors (Lipinski definition) is 9. The summed E-state index contributed by atoms with van der Waals surface area (Å²) >= 11 is 5.15. The third kappa shape index (κ3) is 7.63. The average Bonchev–Trinajstić information content (AvgIpc) is 2.72. The molecule has 0 spiro atoms. The Hall–Kier alpha value is -1.32. The minimum absolute atomic E-state index is 0.0447. The van der Waals surface area contributed by atoms with Crippen LogP contribution in [0.25, 0.3) is 0 Å². The molecule has 1 rings (SSSR count). The van der Waals surface area contributed by atoms with Crippen molar-refractivity contribution < 1.29 is 48.4 Å². The minimum Gasteiger partial charge on any atom is -0.478 e. The summed E-state index contributed by atoms with van der Waals surface area (Å²) < 4.78 is 14.5. The Balaban J connectivity index is 3.17. The van der Waals surface area contributed by atoms with Crippen molar-refractivity contribution in [3.63, 3.8) is 0 Å². The zero-order valence-electron chi connectivity index (χ0n) is 16.5. The molecule has 0 aromatic heterocycles. The van der Waals surface area contributed by atoms with E-state index in [1.807, 2.05) is 0 Å². The number of aromatic carboxylic acids is 1. The van der Waals surface area contributed by atoms with E-state index in [9.17, 15) is 34.2 Å². The van der Waals surface area contributed by atoms with E-state index >= 15 is 0 Å². The molecule has 2 amide bonds. The fourth-order valence-electron chi connectivity index (χ4n) is 2.10. The highest BCUT2D eigenvalue weighted by molar-refractivity contribution is 14.1. The van der Waals surface area contributed by atoms with Crippen LogP contribution in [0.15, 0.2) is 0 Å². The van der Waals surface area contributed by atoms with Gasteiger partial charge in [-0.05, 0) is 67.8 Å². The number of carbonyl (C=O) groups excluding carboxylic acids is 4. The second-order valence-electron chi connectivity index (χ2n) is 5.76. The first-order valence-corrected chi connectivity index (χ1v) is 11.6. The van der Waals surface area contributed by atoms with Crippen LogP contribution in [0, 0.1) is 10.7 Å². The van der Waals surface area contributed by atoms with E-state index in [0.717, 1.165) is 7.11 Å². The molecule has 0 radical (unpaired) electrons. The number of aliphatic hydroxyl groups is 1. The highest BCUT2D eigenvalue weighted by Crippen LogP contribution is 2.36. The summed E-state index contributed by atoms with van der Waals surface area (Å²) in [6.07, 6.45) is -1.79. The lowest BCUT2D eigenvalue weighted by atomic mass is 10.1. The van der Waals surface area contributed by atoms with Gasteiger partial charge in [0.15, 0.2) is 6.10 Å². The summed E-state index contributed by atoms with van der Waals surface area (Å²) in [6, 6.07) is 0. The van der Waals surface area contributed by atoms with E-state index in [-0.39, 0.29) is 34.1 Å². The number of anilines is 1. The zero-order chi connectivity index (χ0) is 24.6. The summed E-state index contributed by atoms with van der Waals surface area (Å²) in [5.41, 5.74) is -0.323. The normalized spacial score (nSPS) is 11.3. The first kappa shape index (κ1) is 28.7. The second-order valence-corrected chi connectivity index (χ2v) is 9.00. The standard InChI is InChI=1S/C17H17I3N2O10/c1-30-5-7(24)22-14-12(19)9(16(27)28)11(18)10(13(14)20)17(29)32-4-6(23)15(26)21-3-8(25)31-2/h6,23H,3-5H2,1-2H3,(H,21,26)(H,22,24)(H,27,28). The number of aliphatic hydroxyl groups excluding tert-OH is 1. The van der Waals surface area contributed by atoms with E-state index in [0.29, 0.717) is 0 Å². The maximum Gasteiger partial charge on any atom is 0.340 e. The Morgan fingerprint density at radius 1 is 1.00 bits per heavy atom. The number of nitrogens with one attached hydrogen (secondary N) is 2. The number of benzene rings is 1. The molecular weight excluding hydrogens is 773 g/mol. The molecular formula is C17H17I3N2O10. The van der Waals surface area contributed by atoms with Gasteiger partial charge in [-0.1, -0.05) is 0 Å². The molecule has 1 atom stereocenters. The largest absolute Gasteiger partial charge is 0.478 e. The molecule has 0 saturated heterocycles. The molecule has 1 unspecified atom stereocenters. The molecule has 4 N–H and O–H groups in total. The quantitative estimate of drug-likeness (QED) is 0.194. The predicted molar refractivity (Wildman–Crippen MR) is 133 cm³/mol. The van der Waals surface area contributed by atoms with Crippen LogP contribution in [0.5, 0.6) is 0 Å². The third-order valence-corrected chi connectivity index (χ3v) is 6.82. The molecule has 0 heterocycles. The van der Waals surface area contributed by atoms with Gasteiger partial charge in [0.05, 0.1) is 31.1 Å². The molecule has 0 aliphatic carbocycles. The lowest BCUT2D eigenvalue weighted by Crippen LogP contribution is -2.40. The van der Waals surface area contributed by atoms with Crippen LogP contribution >= 0.6 is 67.8 Å². The summed E-state index contributed by atoms with van der Waals surface area (Å²) in [5, 5.41) is 24.0. The van der Waals surface area contributed by atoms with Crippen molar-refractivity contribution in [2.45, 2.75) is 6.10 Å². The summed E-state index contributed by atoms with van der Waals surface area (Å²) in [6.45, 7) is -1.55. The van der Waals surface area contributed by atoms with Gasteiger partial charge in [0.2, 0.25) is 5.91 Å². The Morgan fingerprint density at radius 3 is 2.12 bits per heavy atom. The van der Waals surface area contributed by atoms with Gasteiger partial charge in [-0.2, -0.15) is 0 Å². The molecule has 12 nitrogen and oxygen atoms in total. The van der Waals surface area contributed by atoms with Gasteiger partial charge in [0.25, 0.3) is 5.91 Å². The lowest BCUT2D eigenvalue weighted by molar-refractivity contribution is -0.142. The van der Waals surface area contributed by atoms with Crippen molar-refractivity contribution in [1.82, 2.24) is 5.32 Å². The number of amides is 2. The average molecular weight is 790 g/mol. The van der Waals surface area contributed by atoms with Gasteiger partial charge in [-0.3, -0.25) is 14.4 Å². The van der Waals surface area contributed by atoms with Crippen LogP contribution in [0.4, 0.5) is 5.69 Å². The van der Waals surface area contributed by atoms with E-state index < -0.39 is 49.0 Å². The van der Waals surface area contributed by atoms with E-state index in [1.54, 1.807) is 67.8 Å². The number of methoxy groups -OCH3 is 2. The molecule has 0 aliphatic heterocycles. The number of carboxylic acids is 1. The molecule has 0 fully saturated rings. The number of halogens is 3. The molecule has 15 heteroatoms. The first-order valence-electron chi connectivity index (χ1n) is 8.38. The molecule has 32 heavy (non-hydrogen) atoms. The van der Waals surface area contributed by atoms with Crippen LogP contribution in [0.3, 0.4) is 0 Å². The smallest absolute Gasteiger partial charge is 0.340 e. The Morgan fingerprint density at radius 2 is 1.59 bits per heavy atom. The van der Waals surface area contributed by atoms with Gasteiger partial charge in [0.1, 0.15) is 19.8 Å². The minimum atomic E-state index is -1.79. The monoisotopic (exact) mass is 790 g/mol. The zero-order valence-corrected chi connectivity index (χ0v) is 23.0. The number of carbonyl (C=O) groups is 5. The second kappa shape index (κ2) is 13.4. The number of carboxylic acid groups (broad SMARTS) is 1. The number of hydrogen-bond donors (Lipinski definition) is 4. The number of esters is 2. The molecule has 0 saturated carbocycles. The predicted octanol–water partition coefficient (Wildman–Crippen LogP) is 0.590. The van der Waals surface area contributed by atoms with Crippen LogP contribution in [-0.4, -0.2) is 80.0 Å². The van der Waals surface area contributed by atoms with Crippen LogP contribution in [0.2, 0.25) is 0 Å². The Labute approximate surface area is 222 Å². The van der Waals surface area contributed by atoms with Crippen molar-refractivity contribution in [2.75, 3.05) is 39.3 Å². The molecule has 1 aromatic rings. The van der Waals surface area contributed by atoms with Gasteiger partial charge in [0, 0.05) is 10.7 Å². The van der Waals surface area contributed by atoms with Crippen molar-refractivity contribution >= 4 is 103 Å². The fourth-order valence-corrected chi connectivity index (χ4v) is 6.44. The van der Waals surface area contributed by atoms with Crippen molar-refractivity contribution in [3.05, 3.63) is 21.8 Å².